The number of H-pyrrole nitrogens is 2. The average molecular weight is 561 g/mol. The summed E-state index contributed by atoms with van der Waals surface area (Å²) in [5.74, 6) is 0.193. The van der Waals surface area contributed by atoms with Crippen molar-refractivity contribution in [3.63, 3.8) is 0 Å². The highest BCUT2D eigenvalue weighted by Crippen LogP contribution is 2.48. The third-order valence-corrected chi connectivity index (χ3v) is 8.03. The number of piperidine rings is 1. The largest absolute Gasteiger partial charge is 0.361 e. The van der Waals surface area contributed by atoms with Crippen molar-refractivity contribution in [1.29, 1.82) is 0 Å². The molecule has 1 fully saturated rings. The van der Waals surface area contributed by atoms with Gasteiger partial charge in [-0.2, -0.15) is 0 Å². The van der Waals surface area contributed by atoms with Gasteiger partial charge in [-0.1, -0.05) is 48.5 Å². The number of aromatic nitrogens is 5. The minimum Gasteiger partial charge on any atom is -0.361 e. The molecule has 1 aliphatic carbocycles. The standard InChI is InChI=1S/C29H32N8O2.ClH/c1-28(2,30)27(39)32-24(15-18-17-31-23-10-6-4-7-19(18)23)26(38)37-13-11-29(12-14-37)16-21(25-33-35-36-34-25)20-8-3-5-9-22(20)29;/h3-10,16-17,24,31H,11-15,30H2,1-2H3,(H,32,39)(H,33,34,35,36);1H/t24-;/m1./s1. The Balaban J connectivity index is 0.00000323. The summed E-state index contributed by atoms with van der Waals surface area (Å²) in [5.41, 5.74) is 10.1. The van der Waals surface area contributed by atoms with Crippen LogP contribution in [0.1, 0.15) is 49.2 Å². The second-order valence-corrected chi connectivity index (χ2v) is 11.1. The Morgan fingerprint density at radius 2 is 1.85 bits per heavy atom. The van der Waals surface area contributed by atoms with Gasteiger partial charge in [0.25, 0.3) is 0 Å². The number of nitrogens with one attached hydrogen (secondary N) is 3. The fourth-order valence-corrected chi connectivity index (χ4v) is 5.88. The number of hydrogen-bond donors (Lipinski definition) is 4. The molecule has 0 bridgehead atoms. The topological polar surface area (TPSA) is 146 Å². The van der Waals surface area contributed by atoms with Crippen LogP contribution >= 0.6 is 12.4 Å². The number of carbonyl (C=O) groups excluding carboxylic acids is 2. The molecule has 2 aliphatic rings. The molecule has 1 aliphatic heterocycles. The molecule has 2 aromatic heterocycles. The number of benzene rings is 2. The van der Waals surface area contributed by atoms with E-state index < -0.39 is 11.6 Å². The Labute approximate surface area is 238 Å². The van der Waals surface area contributed by atoms with E-state index in [0.717, 1.165) is 40.4 Å². The molecule has 4 aromatic rings. The highest BCUT2D eigenvalue weighted by molar-refractivity contribution is 5.93. The predicted octanol–water partition coefficient (Wildman–Crippen LogP) is 2.87. The fourth-order valence-electron chi connectivity index (χ4n) is 5.88. The number of aromatic amines is 2. The smallest absolute Gasteiger partial charge is 0.245 e. The highest BCUT2D eigenvalue weighted by atomic mass is 35.5. The molecule has 0 radical (unpaired) electrons. The molecular weight excluding hydrogens is 528 g/mol. The third-order valence-electron chi connectivity index (χ3n) is 8.03. The van der Waals surface area contributed by atoms with Crippen LogP contribution in [0.4, 0.5) is 0 Å². The molecule has 1 saturated heterocycles. The monoisotopic (exact) mass is 560 g/mol. The molecule has 6 rings (SSSR count). The zero-order valence-electron chi connectivity index (χ0n) is 22.5. The van der Waals surface area contributed by atoms with Gasteiger partial charge in [-0.05, 0) is 59.9 Å². The maximum atomic E-state index is 13.9. The molecular formula is C29H33ClN8O2. The van der Waals surface area contributed by atoms with Crippen LogP contribution in [0.5, 0.6) is 0 Å². The predicted molar refractivity (Wildman–Crippen MR) is 155 cm³/mol. The third kappa shape index (κ3) is 4.89. The summed E-state index contributed by atoms with van der Waals surface area (Å²) < 4.78 is 0. The van der Waals surface area contributed by atoms with Crippen molar-refractivity contribution < 1.29 is 9.59 Å². The molecule has 2 aromatic carbocycles. The van der Waals surface area contributed by atoms with E-state index in [2.05, 4.69) is 55.2 Å². The maximum Gasteiger partial charge on any atom is 0.245 e. The maximum absolute atomic E-state index is 13.9. The van der Waals surface area contributed by atoms with Crippen LogP contribution in [0.15, 0.2) is 60.8 Å². The number of allylic oxidation sites excluding steroid dienone is 1. The van der Waals surface area contributed by atoms with Gasteiger partial charge in [-0.15, -0.1) is 17.5 Å². The Morgan fingerprint density at radius 1 is 1.12 bits per heavy atom. The van der Waals surface area contributed by atoms with Gasteiger partial charge in [0.15, 0.2) is 5.82 Å². The van der Waals surface area contributed by atoms with Gasteiger partial charge in [0.05, 0.1) is 5.54 Å². The van der Waals surface area contributed by atoms with Crippen molar-refractivity contribution in [2.24, 2.45) is 5.73 Å². The molecule has 5 N–H and O–H groups in total. The lowest BCUT2D eigenvalue weighted by atomic mass is 9.74. The molecule has 1 spiro atoms. The average Bonchev–Trinajstić information content (AvgIpc) is 3.67. The van der Waals surface area contributed by atoms with Crippen molar-refractivity contribution in [3.05, 3.63) is 83.3 Å². The minimum absolute atomic E-state index is 0. The van der Waals surface area contributed by atoms with Crippen molar-refractivity contribution in [2.75, 3.05) is 13.1 Å². The Kier molecular flexibility index (Phi) is 7.24. The first kappa shape index (κ1) is 27.5. The van der Waals surface area contributed by atoms with Gasteiger partial charge in [-0.25, -0.2) is 5.10 Å². The Bertz CT molecular complexity index is 1560. The minimum atomic E-state index is -1.10. The number of nitrogens with zero attached hydrogens (tertiary/aromatic N) is 4. The van der Waals surface area contributed by atoms with Crippen molar-refractivity contribution in [1.82, 2.24) is 35.8 Å². The van der Waals surface area contributed by atoms with E-state index in [-0.39, 0.29) is 29.6 Å². The molecule has 40 heavy (non-hydrogen) atoms. The Hall–Kier alpha value is -4.02. The molecule has 1 atom stereocenters. The van der Waals surface area contributed by atoms with E-state index in [9.17, 15) is 9.59 Å². The van der Waals surface area contributed by atoms with E-state index in [1.54, 1.807) is 13.8 Å². The lowest BCUT2D eigenvalue weighted by molar-refractivity contribution is -0.138. The van der Waals surface area contributed by atoms with Crippen LogP contribution < -0.4 is 11.1 Å². The summed E-state index contributed by atoms with van der Waals surface area (Å²) in [4.78, 5) is 32.0. The number of rotatable bonds is 6. The molecule has 10 nitrogen and oxygen atoms in total. The summed E-state index contributed by atoms with van der Waals surface area (Å²) in [7, 11) is 0. The molecule has 11 heteroatoms. The van der Waals surface area contributed by atoms with Crippen LogP contribution in [-0.4, -0.2) is 67.0 Å². The number of hydrogen-bond acceptors (Lipinski definition) is 6. The van der Waals surface area contributed by atoms with E-state index >= 15 is 0 Å². The number of fused-ring (bicyclic) bond motifs is 3. The van der Waals surface area contributed by atoms with Crippen molar-refractivity contribution in [2.45, 2.75) is 50.1 Å². The van der Waals surface area contributed by atoms with Crippen LogP contribution in [0.2, 0.25) is 0 Å². The number of tetrazole rings is 1. The summed E-state index contributed by atoms with van der Waals surface area (Å²) in [6.07, 6.45) is 6.06. The lowest BCUT2D eigenvalue weighted by Crippen LogP contribution is -2.58. The van der Waals surface area contributed by atoms with Gasteiger partial charge in [0, 0.05) is 47.6 Å². The number of para-hydroxylation sites is 1. The van der Waals surface area contributed by atoms with Crippen LogP contribution in [0, 0.1) is 0 Å². The lowest BCUT2D eigenvalue weighted by Gasteiger charge is -2.40. The number of carbonyl (C=O) groups is 2. The van der Waals surface area contributed by atoms with E-state index in [4.69, 9.17) is 5.73 Å². The van der Waals surface area contributed by atoms with E-state index in [1.165, 1.54) is 5.56 Å². The van der Waals surface area contributed by atoms with Crippen molar-refractivity contribution >= 4 is 40.7 Å². The second-order valence-electron chi connectivity index (χ2n) is 11.1. The summed E-state index contributed by atoms with van der Waals surface area (Å²) in [6.45, 7) is 4.42. The summed E-state index contributed by atoms with van der Waals surface area (Å²) in [6, 6.07) is 15.5. The first-order valence-corrected chi connectivity index (χ1v) is 13.3. The van der Waals surface area contributed by atoms with E-state index in [0.29, 0.717) is 25.3 Å². The zero-order valence-corrected chi connectivity index (χ0v) is 23.3. The van der Waals surface area contributed by atoms with Gasteiger partial charge >= 0.3 is 0 Å². The van der Waals surface area contributed by atoms with Crippen LogP contribution in [0.3, 0.4) is 0 Å². The molecule has 2 amide bonds. The Morgan fingerprint density at radius 3 is 2.58 bits per heavy atom. The quantitative estimate of drug-likeness (QED) is 0.285. The van der Waals surface area contributed by atoms with Crippen LogP contribution in [0.25, 0.3) is 16.5 Å². The second kappa shape index (κ2) is 10.5. The molecule has 0 unspecified atom stereocenters. The van der Waals surface area contributed by atoms with Gasteiger partial charge in [0.1, 0.15) is 6.04 Å². The van der Waals surface area contributed by atoms with Gasteiger partial charge in [0.2, 0.25) is 11.8 Å². The van der Waals surface area contributed by atoms with Crippen LogP contribution in [-0.2, 0) is 21.4 Å². The SMILES string of the molecule is CC(C)(N)C(=O)N[C@H](Cc1c[nH]c2ccccc12)C(=O)N1CCC2(C=C(c3nnn[nH]3)c3ccccc32)CC1.Cl. The zero-order chi connectivity index (χ0) is 27.2. The number of likely N-dealkylation sites (tertiary alicyclic amines) is 1. The first-order chi connectivity index (χ1) is 18.7. The number of halogens is 1. The molecule has 0 saturated carbocycles. The van der Waals surface area contributed by atoms with Gasteiger partial charge in [-0.3, -0.25) is 9.59 Å². The molecule has 208 valence electrons. The summed E-state index contributed by atoms with van der Waals surface area (Å²) in [5, 5.41) is 18.5. The normalized spacial score (nSPS) is 16.8. The van der Waals surface area contributed by atoms with Crippen molar-refractivity contribution in [3.8, 4) is 0 Å². The first-order valence-electron chi connectivity index (χ1n) is 13.3. The van der Waals surface area contributed by atoms with E-state index in [1.807, 2.05) is 41.4 Å². The summed E-state index contributed by atoms with van der Waals surface area (Å²) >= 11 is 0. The molecule has 3 heterocycles. The number of nitrogens with two attached hydrogens (primary N) is 1. The number of amides is 2. The highest BCUT2D eigenvalue weighted by Gasteiger charge is 2.43. The van der Waals surface area contributed by atoms with Gasteiger partial charge < -0.3 is 20.9 Å². The fraction of sp³-hybridized carbons (Fsp3) is 0.345.